The van der Waals surface area contributed by atoms with Gasteiger partial charge in [0.05, 0.1) is 11.9 Å². The normalized spacial score (nSPS) is 18.3. The highest BCUT2D eigenvalue weighted by atomic mass is 32.1. The molecule has 4 heterocycles. The van der Waals surface area contributed by atoms with Crippen molar-refractivity contribution < 1.29 is 0 Å². The van der Waals surface area contributed by atoms with Crippen molar-refractivity contribution in [1.82, 2.24) is 14.9 Å². The summed E-state index contributed by atoms with van der Waals surface area (Å²) in [5.74, 6) is 2.15. The maximum atomic E-state index is 5.16. The molecule has 2 aliphatic rings. The average molecular weight is 422 g/mol. The second-order valence-electron chi connectivity index (χ2n) is 8.57. The number of likely N-dealkylation sites (tertiary alicyclic amines) is 1. The quantitative estimate of drug-likeness (QED) is 0.614. The van der Waals surface area contributed by atoms with Crippen LogP contribution in [-0.4, -0.2) is 54.1 Å². The van der Waals surface area contributed by atoms with E-state index in [1.54, 1.807) is 0 Å². The smallest absolute Gasteiger partial charge is 0.146 e. The van der Waals surface area contributed by atoms with Gasteiger partial charge in [0, 0.05) is 36.7 Å². The highest BCUT2D eigenvalue weighted by Crippen LogP contribution is 2.35. The Balaban J connectivity index is 1.46. The molecule has 0 atom stereocenters. The zero-order chi connectivity index (χ0) is 20.5. The van der Waals surface area contributed by atoms with Gasteiger partial charge in [0.25, 0.3) is 0 Å². The molecule has 2 fully saturated rings. The van der Waals surface area contributed by atoms with Gasteiger partial charge >= 0.3 is 0 Å². The van der Waals surface area contributed by atoms with Gasteiger partial charge in [-0.05, 0) is 63.9 Å². The van der Waals surface area contributed by atoms with Gasteiger partial charge in [-0.3, -0.25) is 4.90 Å². The Morgan fingerprint density at radius 1 is 0.833 bits per heavy atom. The van der Waals surface area contributed by atoms with Crippen molar-refractivity contribution in [1.29, 1.82) is 0 Å². The first-order valence-electron chi connectivity index (χ1n) is 11.2. The van der Waals surface area contributed by atoms with Gasteiger partial charge in [-0.25, -0.2) is 9.97 Å². The van der Waals surface area contributed by atoms with E-state index < -0.39 is 0 Å². The topological polar surface area (TPSA) is 35.5 Å². The van der Waals surface area contributed by atoms with Crippen LogP contribution in [0.3, 0.4) is 0 Å². The first kappa shape index (κ1) is 19.8. The number of aromatic nitrogens is 2. The van der Waals surface area contributed by atoms with Crippen LogP contribution in [0.4, 0.5) is 11.5 Å². The summed E-state index contributed by atoms with van der Waals surface area (Å²) in [6.45, 7) is 11.8. The lowest BCUT2D eigenvalue weighted by atomic mass is 10.2. The van der Waals surface area contributed by atoms with Crippen molar-refractivity contribution in [3.8, 4) is 0 Å². The number of fused-ring (bicyclic) bond motifs is 1. The van der Waals surface area contributed by atoms with Crippen LogP contribution >= 0.6 is 11.3 Å². The summed E-state index contributed by atoms with van der Waals surface area (Å²) < 4.78 is 0. The van der Waals surface area contributed by atoms with Gasteiger partial charge in [0.1, 0.15) is 16.5 Å². The molecule has 2 saturated heterocycles. The monoisotopic (exact) mass is 421 g/mol. The van der Waals surface area contributed by atoms with E-state index in [4.69, 9.17) is 9.97 Å². The standard InChI is InChI=1S/C24H31N5S/c1-18-19(2)30-24-22(18)23(25-21(26-24)17-27-11-6-7-12-27)29-14-8-13-28(15-16-29)20-9-4-3-5-10-20/h3-5,9-10H,6-8,11-17H2,1-2H3. The molecule has 0 N–H and O–H groups in total. The molecule has 158 valence electrons. The lowest BCUT2D eigenvalue weighted by Gasteiger charge is -2.25. The summed E-state index contributed by atoms with van der Waals surface area (Å²) in [5, 5.41) is 1.27. The molecule has 5 nitrogen and oxygen atoms in total. The van der Waals surface area contributed by atoms with E-state index in [1.165, 1.54) is 47.4 Å². The van der Waals surface area contributed by atoms with Crippen LogP contribution in [0.1, 0.15) is 35.5 Å². The predicted molar refractivity (Wildman–Crippen MR) is 127 cm³/mol. The minimum atomic E-state index is 0.878. The minimum absolute atomic E-state index is 0.878. The van der Waals surface area contributed by atoms with E-state index in [9.17, 15) is 0 Å². The van der Waals surface area contributed by atoms with Gasteiger partial charge in [-0.15, -0.1) is 11.3 Å². The number of rotatable bonds is 4. The molecule has 5 rings (SSSR count). The lowest BCUT2D eigenvalue weighted by molar-refractivity contribution is 0.323. The van der Waals surface area contributed by atoms with Crippen molar-refractivity contribution >= 4 is 33.1 Å². The van der Waals surface area contributed by atoms with Gasteiger partial charge in [-0.1, -0.05) is 18.2 Å². The van der Waals surface area contributed by atoms with Crippen molar-refractivity contribution in [3.63, 3.8) is 0 Å². The summed E-state index contributed by atoms with van der Waals surface area (Å²) >= 11 is 1.82. The zero-order valence-corrected chi connectivity index (χ0v) is 18.9. The van der Waals surface area contributed by atoms with Crippen LogP contribution in [-0.2, 0) is 6.54 Å². The largest absolute Gasteiger partial charge is 0.370 e. The Hall–Kier alpha value is -2.18. The fraction of sp³-hybridized carbons (Fsp3) is 0.500. The van der Waals surface area contributed by atoms with Crippen molar-refractivity contribution in [3.05, 3.63) is 46.6 Å². The number of hydrogen-bond acceptors (Lipinski definition) is 6. The molecule has 30 heavy (non-hydrogen) atoms. The Labute approximate surface area is 183 Å². The second kappa shape index (κ2) is 8.52. The fourth-order valence-corrected chi connectivity index (χ4v) is 5.78. The predicted octanol–water partition coefficient (Wildman–Crippen LogP) is 4.62. The molecule has 0 spiro atoms. The van der Waals surface area contributed by atoms with Crippen LogP contribution in [0.15, 0.2) is 30.3 Å². The van der Waals surface area contributed by atoms with Gasteiger partial charge in [-0.2, -0.15) is 0 Å². The Bertz CT molecular complexity index is 1010. The Morgan fingerprint density at radius 2 is 1.57 bits per heavy atom. The van der Waals surface area contributed by atoms with Crippen LogP contribution in [0.2, 0.25) is 0 Å². The number of nitrogens with zero attached hydrogens (tertiary/aromatic N) is 5. The molecule has 6 heteroatoms. The van der Waals surface area contributed by atoms with E-state index in [1.807, 2.05) is 11.3 Å². The van der Waals surface area contributed by atoms with E-state index in [2.05, 4.69) is 58.9 Å². The SMILES string of the molecule is Cc1sc2nc(CN3CCCC3)nc(N3CCCN(c4ccccc4)CC3)c2c1C. The zero-order valence-electron chi connectivity index (χ0n) is 18.1. The number of hydrogen-bond donors (Lipinski definition) is 0. The minimum Gasteiger partial charge on any atom is -0.370 e. The third kappa shape index (κ3) is 3.91. The number of anilines is 2. The third-order valence-electron chi connectivity index (χ3n) is 6.54. The number of thiophene rings is 1. The Morgan fingerprint density at radius 3 is 2.37 bits per heavy atom. The first-order chi connectivity index (χ1) is 14.7. The molecule has 0 aliphatic carbocycles. The van der Waals surface area contributed by atoms with Gasteiger partial charge < -0.3 is 9.80 Å². The highest BCUT2D eigenvalue weighted by molar-refractivity contribution is 7.18. The Kier molecular flexibility index (Phi) is 5.61. The highest BCUT2D eigenvalue weighted by Gasteiger charge is 2.23. The van der Waals surface area contributed by atoms with Crippen molar-refractivity contribution in [2.45, 2.75) is 39.7 Å². The molecule has 3 aromatic rings. The van der Waals surface area contributed by atoms with E-state index in [0.717, 1.165) is 55.6 Å². The summed E-state index contributed by atoms with van der Waals surface area (Å²) in [5.41, 5.74) is 2.67. The van der Waals surface area contributed by atoms with Crippen LogP contribution < -0.4 is 9.80 Å². The van der Waals surface area contributed by atoms with Gasteiger partial charge in [0.2, 0.25) is 0 Å². The number of aryl methyl sites for hydroxylation is 2. The summed E-state index contributed by atoms with van der Waals surface area (Å²) in [7, 11) is 0. The van der Waals surface area contributed by atoms with E-state index in [-0.39, 0.29) is 0 Å². The molecule has 2 aromatic heterocycles. The first-order valence-corrected chi connectivity index (χ1v) is 12.0. The summed E-state index contributed by atoms with van der Waals surface area (Å²) in [6, 6.07) is 10.8. The second-order valence-corrected chi connectivity index (χ2v) is 9.78. The number of para-hydroxylation sites is 1. The molecule has 0 amide bonds. The van der Waals surface area contributed by atoms with E-state index in [0.29, 0.717) is 0 Å². The molecular formula is C24H31N5S. The lowest BCUT2D eigenvalue weighted by Crippen LogP contribution is -2.31. The maximum Gasteiger partial charge on any atom is 0.146 e. The summed E-state index contributed by atoms with van der Waals surface area (Å²) in [4.78, 5) is 20.2. The average Bonchev–Trinajstić information content (AvgIpc) is 3.27. The van der Waals surface area contributed by atoms with Crippen LogP contribution in [0, 0.1) is 13.8 Å². The number of benzene rings is 1. The molecule has 0 saturated carbocycles. The van der Waals surface area contributed by atoms with Crippen molar-refractivity contribution in [2.75, 3.05) is 49.1 Å². The van der Waals surface area contributed by atoms with E-state index >= 15 is 0 Å². The molecular weight excluding hydrogens is 390 g/mol. The van der Waals surface area contributed by atoms with Crippen LogP contribution in [0.25, 0.3) is 10.2 Å². The molecule has 2 aliphatic heterocycles. The molecule has 0 radical (unpaired) electrons. The molecule has 1 aromatic carbocycles. The summed E-state index contributed by atoms with van der Waals surface area (Å²) in [6.07, 6.45) is 3.74. The fourth-order valence-electron chi connectivity index (χ4n) is 4.74. The van der Waals surface area contributed by atoms with Gasteiger partial charge in [0.15, 0.2) is 0 Å². The van der Waals surface area contributed by atoms with Crippen molar-refractivity contribution in [2.24, 2.45) is 0 Å². The van der Waals surface area contributed by atoms with Crippen LogP contribution in [0.5, 0.6) is 0 Å². The maximum absolute atomic E-state index is 5.16. The third-order valence-corrected chi connectivity index (χ3v) is 7.64. The molecule has 0 bridgehead atoms. The molecule has 0 unspecified atom stereocenters.